The largest absolute Gasteiger partial charge is 0.574 e. The molecule has 0 radical (unpaired) electrons. The van der Waals surface area contributed by atoms with E-state index in [1.807, 2.05) is 0 Å². The van der Waals surface area contributed by atoms with E-state index in [-0.39, 0.29) is 17.9 Å². The third kappa shape index (κ3) is 4.89. The molecule has 0 atom stereocenters. The number of rotatable bonds is 5. The molecule has 0 aliphatic carbocycles. The Kier molecular flexibility index (Phi) is 5.06. The highest BCUT2D eigenvalue weighted by molar-refractivity contribution is 5.73. The van der Waals surface area contributed by atoms with Gasteiger partial charge in [-0.2, -0.15) is 0 Å². The highest BCUT2D eigenvalue weighted by Crippen LogP contribution is 2.29. The summed E-state index contributed by atoms with van der Waals surface area (Å²) in [5.41, 5.74) is -0.854. The number of nitrogens with zero attached hydrogens (tertiary/aromatic N) is 2. The van der Waals surface area contributed by atoms with Crippen LogP contribution in [0.25, 0.3) is 0 Å². The number of halogens is 3. The third-order valence-electron chi connectivity index (χ3n) is 2.36. The lowest BCUT2D eigenvalue weighted by Gasteiger charge is -2.11. The molecule has 0 amide bonds. The fourth-order valence-corrected chi connectivity index (χ4v) is 1.50. The summed E-state index contributed by atoms with van der Waals surface area (Å²) >= 11 is 0. The summed E-state index contributed by atoms with van der Waals surface area (Å²) in [6, 6.07) is 0.553. The smallest absolute Gasteiger partial charge is 0.466 e. The summed E-state index contributed by atoms with van der Waals surface area (Å²) in [5.74, 6) is -1.76. The van der Waals surface area contributed by atoms with Gasteiger partial charge in [0.05, 0.1) is 29.7 Å². The van der Waals surface area contributed by atoms with E-state index in [2.05, 4.69) is 14.5 Å². The minimum Gasteiger partial charge on any atom is -0.466 e. The van der Waals surface area contributed by atoms with E-state index in [1.165, 1.54) is 6.92 Å². The van der Waals surface area contributed by atoms with Gasteiger partial charge in [-0.15, -0.1) is 13.2 Å². The minimum atomic E-state index is -5.04. The maximum atomic E-state index is 12.2. The molecule has 0 unspecified atom stereocenters. The highest BCUT2D eigenvalue weighted by Gasteiger charge is 2.33. The van der Waals surface area contributed by atoms with Crippen molar-refractivity contribution in [2.75, 3.05) is 6.61 Å². The molecule has 0 aromatic carbocycles. The number of esters is 1. The number of ether oxygens (including phenoxy) is 2. The number of carbonyl (C=O) groups excluding carboxylic acids is 1. The first-order valence-corrected chi connectivity index (χ1v) is 5.70. The van der Waals surface area contributed by atoms with Gasteiger partial charge in [-0.3, -0.25) is 14.9 Å². The molecule has 116 valence electrons. The van der Waals surface area contributed by atoms with Crippen LogP contribution in [0.2, 0.25) is 0 Å². The molecular weight excluding hydrogens is 297 g/mol. The maximum absolute atomic E-state index is 12.2. The number of carbonyl (C=O) groups is 1. The Labute approximate surface area is 116 Å². The molecule has 0 N–H and O–H groups in total. The van der Waals surface area contributed by atoms with Crippen LogP contribution in [0.1, 0.15) is 18.2 Å². The summed E-state index contributed by atoms with van der Waals surface area (Å²) in [5, 5.41) is 10.8. The molecular formula is C11H11F3N2O5. The van der Waals surface area contributed by atoms with Gasteiger partial charge >= 0.3 is 12.3 Å². The fourth-order valence-electron chi connectivity index (χ4n) is 1.50. The van der Waals surface area contributed by atoms with Gasteiger partial charge in [0.1, 0.15) is 0 Å². The number of alkyl halides is 3. The van der Waals surface area contributed by atoms with Crippen molar-refractivity contribution in [3.63, 3.8) is 0 Å². The van der Waals surface area contributed by atoms with Gasteiger partial charge in [-0.1, -0.05) is 0 Å². The number of hydrogen-bond donors (Lipinski definition) is 0. The van der Waals surface area contributed by atoms with Crippen molar-refractivity contribution in [3.8, 4) is 5.88 Å². The molecule has 10 heteroatoms. The monoisotopic (exact) mass is 308 g/mol. The molecule has 0 fully saturated rings. The van der Waals surface area contributed by atoms with Crippen molar-refractivity contribution in [3.05, 3.63) is 27.4 Å². The van der Waals surface area contributed by atoms with Gasteiger partial charge in [0.25, 0.3) is 5.69 Å². The fraction of sp³-hybridized carbons (Fsp3) is 0.455. The van der Waals surface area contributed by atoms with Gasteiger partial charge < -0.3 is 9.47 Å². The Morgan fingerprint density at radius 1 is 1.48 bits per heavy atom. The first-order chi connectivity index (χ1) is 9.64. The van der Waals surface area contributed by atoms with Crippen LogP contribution in [0.5, 0.6) is 5.88 Å². The third-order valence-corrected chi connectivity index (χ3v) is 2.36. The average Bonchev–Trinajstić information content (AvgIpc) is 2.31. The topological polar surface area (TPSA) is 91.6 Å². The van der Waals surface area contributed by atoms with Crippen LogP contribution in [-0.2, 0) is 16.0 Å². The van der Waals surface area contributed by atoms with Crippen LogP contribution in [-0.4, -0.2) is 28.8 Å². The lowest BCUT2D eigenvalue weighted by atomic mass is 10.1. The zero-order valence-corrected chi connectivity index (χ0v) is 11.1. The van der Waals surface area contributed by atoms with E-state index in [0.717, 1.165) is 0 Å². The predicted octanol–water partition coefficient (Wildman–Crippen LogP) is 2.30. The van der Waals surface area contributed by atoms with E-state index in [0.29, 0.717) is 6.07 Å². The second kappa shape index (κ2) is 6.37. The van der Waals surface area contributed by atoms with E-state index in [1.54, 1.807) is 6.92 Å². The standard InChI is InChI=1S/C11H11F3N2O5/c1-3-20-10(17)4-7-6(2)8(16(18)19)5-9(15-7)21-11(12,13)14/h5H,3-4H2,1-2H3. The average molecular weight is 308 g/mol. The van der Waals surface area contributed by atoms with Crippen molar-refractivity contribution in [2.24, 2.45) is 0 Å². The molecule has 21 heavy (non-hydrogen) atoms. The zero-order chi connectivity index (χ0) is 16.2. The molecule has 1 aromatic rings. The molecule has 1 heterocycles. The lowest BCUT2D eigenvalue weighted by Crippen LogP contribution is -2.19. The van der Waals surface area contributed by atoms with Gasteiger partial charge in [0, 0.05) is 5.56 Å². The number of pyridine rings is 1. The van der Waals surface area contributed by atoms with Crippen molar-refractivity contribution in [1.82, 2.24) is 4.98 Å². The second-order valence-electron chi connectivity index (χ2n) is 3.84. The first-order valence-electron chi connectivity index (χ1n) is 5.70. The molecule has 0 saturated carbocycles. The van der Waals surface area contributed by atoms with Crippen LogP contribution >= 0.6 is 0 Å². The Balaban J connectivity index is 3.21. The molecule has 0 saturated heterocycles. The van der Waals surface area contributed by atoms with E-state index < -0.39 is 35.2 Å². The lowest BCUT2D eigenvalue weighted by molar-refractivity contribution is -0.385. The second-order valence-corrected chi connectivity index (χ2v) is 3.84. The van der Waals surface area contributed by atoms with E-state index in [9.17, 15) is 28.1 Å². The van der Waals surface area contributed by atoms with Crippen LogP contribution < -0.4 is 4.74 Å². The van der Waals surface area contributed by atoms with Crippen molar-refractivity contribution < 1.29 is 32.4 Å². The quantitative estimate of drug-likeness (QED) is 0.471. The van der Waals surface area contributed by atoms with E-state index in [4.69, 9.17) is 0 Å². The molecule has 0 aliphatic heterocycles. The normalized spacial score (nSPS) is 11.1. The molecule has 1 aromatic heterocycles. The number of nitro groups is 1. The molecule has 0 aliphatic rings. The van der Waals surface area contributed by atoms with Crippen molar-refractivity contribution in [1.29, 1.82) is 0 Å². The number of aromatic nitrogens is 1. The van der Waals surface area contributed by atoms with Crippen molar-refractivity contribution >= 4 is 11.7 Å². The van der Waals surface area contributed by atoms with Gasteiger partial charge in [-0.05, 0) is 13.8 Å². The maximum Gasteiger partial charge on any atom is 0.574 e. The summed E-state index contributed by atoms with van der Waals surface area (Å²) in [7, 11) is 0. The SMILES string of the molecule is CCOC(=O)Cc1nc(OC(F)(F)F)cc([N+](=O)[O-])c1C. The van der Waals surface area contributed by atoms with Crippen LogP contribution in [0.15, 0.2) is 6.07 Å². The van der Waals surface area contributed by atoms with Gasteiger partial charge in [-0.25, -0.2) is 4.98 Å². The highest BCUT2D eigenvalue weighted by atomic mass is 19.4. The minimum absolute atomic E-state index is 0.0254. The summed E-state index contributed by atoms with van der Waals surface area (Å²) in [6.45, 7) is 2.89. The number of hydrogen-bond acceptors (Lipinski definition) is 6. The summed E-state index contributed by atoms with van der Waals surface area (Å²) in [6.07, 6.45) is -5.53. The molecule has 7 nitrogen and oxygen atoms in total. The summed E-state index contributed by atoms with van der Waals surface area (Å²) < 4.78 is 44.7. The summed E-state index contributed by atoms with van der Waals surface area (Å²) in [4.78, 5) is 24.8. The van der Waals surface area contributed by atoms with E-state index >= 15 is 0 Å². The zero-order valence-electron chi connectivity index (χ0n) is 11.1. The van der Waals surface area contributed by atoms with Crippen LogP contribution in [0.4, 0.5) is 18.9 Å². The van der Waals surface area contributed by atoms with Crippen molar-refractivity contribution in [2.45, 2.75) is 26.6 Å². The molecule has 0 bridgehead atoms. The molecule has 0 spiro atoms. The van der Waals surface area contributed by atoms with Gasteiger partial charge in [0.15, 0.2) is 0 Å². The Hall–Kier alpha value is -2.39. The van der Waals surface area contributed by atoms with Crippen LogP contribution in [0, 0.1) is 17.0 Å². The van der Waals surface area contributed by atoms with Crippen LogP contribution in [0.3, 0.4) is 0 Å². The Bertz CT molecular complexity index is 560. The van der Waals surface area contributed by atoms with Gasteiger partial charge in [0.2, 0.25) is 5.88 Å². The molecule has 1 rings (SSSR count). The Morgan fingerprint density at radius 3 is 2.57 bits per heavy atom. The Morgan fingerprint density at radius 2 is 2.10 bits per heavy atom. The first kappa shape index (κ1) is 16.7. The predicted molar refractivity (Wildman–Crippen MR) is 62.6 cm³/mol.